The number of benzene rings is 1. The van der Waals surface area contributed by atoms with Gasteiger partial charge < -0.3 is 25.2 Å². The fourth-order valence-corrected chi connectivity index (χ4v) is 3.53. The van der Waals surface area contributed by atoms with Crippen LogP contribution in [0.25, 0.3) is 0 Å². The Hall–Kier alpha value is -2.80. The van der Waals surface area contributed by atoms with Crippen LogP contribution in [0.1, 0.15) is 16.7 Å². The van der Waals surface area contributed by atoms with E-state index < -0.39 is 0 Å². The van der Waals surface area contributed by atoms with Crippen LogP contribution in [0.5, 0.6) is 5.75 Å². The van der Waals surface area contributed by atoms with E-state index in [-0.39, 0.29) is 0 Å². The zero-order chi connectivity index (χ0) is 21.3. The van der Waals surface area contributed by atoms with E-state index >= 15 is 0 Å². The number of nitrogens with one attached hydrogen (secondary N) is 2. The van der Waals surface area contributed by atoms with Gasteiger partial charge in [-0.3, -0.25) is 4.99 Å². The van der Waals surface area contributed by atoms with Crippen molar-refractivity contribution in [3.05, 3.63) is 53.2 Å². The van der Waals surface area contributed by atoms with Crippen LogP contribution in [0, 0.1) is 6.92 Å². The van der Waals surface area contributed by atoms with Gasteiger partial charge in [-0.05, 0) is 55.3 Å². The predicted molar refractivity (Wildman–Crippen MR) is 124 cm³/mol. The second-order valence-electron chi connectivity index (χ2n) is 7.72. The average Bonchev–Trinajstić information content (AvgIpc) is 2.78. The van der Waals surface area contributed by atoms with E-state index in [1.54, 1.807) is 14.2 Å². The zero-order valence-corrected chi connectivity index (χ0v) is 18.6. The van der Waals surface area contributed by atoms with Crippen LogP contribution in [-0.2, 0) is 13.0 Å². The molecule has 1 aliphatic heterocycles. The summed E-state index contributed by atoms with van der Waals surface area (Å²) in [6.45, 7) is 7.76. The Morgan fingerprint density at radius 1 is 1.10 bits per heavy atom. The molecule has 2 N–H and O–H groups in total. The van der Waals surface area contributed by atoms with Crippen molar-refractivity contribution in [2.75, 3.05) is 58.8 Å². The summed E-state index contributed by atoms with van der Waals surface area (Å²) in [6, 6.07) is 10.6. The lowest BCUT2D eigenvalue weighted by Crippen LogP contribution is -2.44. The van der Waals surface area contributed by atoms with Crippen LogP contribution < -0.4 is 20.3 Å². The number of aromatic nitrogens is 1. The standard InChI is InChI=1S/C23H34N6O/c1-18-5-6-19(15-21(18)30-4)7-10-26-23(24-2)27-17-20-8-9-25-22(16-20)29-13-11-28(3)12-14-29/h5-6,8-9,15-16H,7,10-14,17H2,1-4H3,(H2,24,26,27). The Kier molecular flexibility index (Phi) is 7.90. The van der Waals surface area contributed by atoms with E-state index in [2.05, 4.69) is 74.7 Å². The van der Waals surface area contributed by atoms with Crippen molar-refractivity contribution in [2.24, 2.45) is 4.99 Å². The number of hydrogen-bond acceptors (Lipinski definition) is 5. The second kappa shape index (κ2) is 10.8. The van der Waals surface area contributed by atoms with Gasteiger partial charge in [-0.2, -0.15) is 0 Å². The molecule has 30 heavy (non-hydrogen) atoms. The van der Waals surface area contributed by atoms with Crippen molar-refractivity contribution in [2.45, 2.75) is 19.9 Å². The minimum atomic E-state index is 0.710. The van der Waals surface area contributed by atoms with Gasteiger partial charge in [0, 0.05) is 52.5 Å². The topological polar surface area (TPSA) is 65.0 Å². The number of guanidine groups is 1. The number of aliphatic imine (C=N–C) groups is 1. The van der Waals surface area contributed by atoms with E-state index in [1.165, 1.54) is 11.1 Å². The number of aryl methyl sites for hydroxylation is 1. The Labute approximate surface area is 180 Å². The van der Waals surface area contributed by atoms with E-state index in [4.69, 9.17) is 4.74 Å². The molecule has 0 amide bonds. The first kappa shape index (κ1) is 21.9. The lowest BCUT2D eigenvalue weighted by molar-refractivity contribution is 0.312. The fraction of sp³-hybridized carbons (Fsp3) is 0.478. The summed E-state index contributed by atoms with van der Waals surface area (Å²) >= 11 is 0. The molecular formula is C23H34N6O. The molecule has 1 saturated heterocycles. The molecule has 162 valence electrons. The Balaban J connectivity index is 1.48. The fourth-order valence-electron chi connectivity index (χ4n) is 3.53. The van der Waals surface area contributed by atoms with Gasteiger partial charge in [-0.15, -0.1) is 0 Å². The molecule has 0 saturated carbocycles. The summed E-state index contributed by atoms with van der Waals surface area (Å²) in [5.74, 6) is 2.79. The molecule has 0 atom stereocenters. The second-order valence-corrected chi connectivity index (χ2v) is 7.72. The molecule has 1 aromatic carbocycles. The number of hydrogen-bond donors (Lipinski definition) is 2. The summed E-state index contributed by atoms with van der Waals surface area (Å²) in [5.41, 5.74) is 3.59. The molecule has 0 unspecified atom stereocenters. The molecule has 0 aliphatic carbocycles. The normalized spacial score (nSPS) is 15.2. The molecule has 3 rings (SSSR count). The number of likely N-dealkylation sites (N-methyl/N-ethyl adjacent to an activating group) is 1. The van der Waals surface area contributed by atoms with Gasteiger partial charge in [0.05, 0.1) is 7.11 Å². The van der Waals surface area contributed by atoms with Crippen molar-refractivity contribution in [3.63, 3.8) is 0 Å². The van der Waals surface area contributed by atoms with Crippen LogP contribution in [0.15, 0.2) is 41.5 Å². The summed E-state index contributed by atoms with van der Waals surface area (Å²) in [6.07, 6.45) is 2.80. The SMILES string of the molecule is CN=C(NCCc1ccc(C)c(OC)c1)NCc1ccnc(N2CCN(C)CC2)c1. The summed E-state index contributed by atoms with van der Waals surface area (Å²) < 4.78 is 5.41. The minimum absolute atomic E-state index is 0.710. The van der Waals surface area contributed by atoms with Crippen LogP contribution in [-0.4, -0.2) is 69.8 Å². The molecule has 1 aliphatic rings. The maximum atomic E-state index is 5.41. The molecule has 2 aromatic rings. The highest BCUT2D eigenvalue weighted by atomic mass is 16.5. The number of nitrogens with zero attached hydrogens (tertiary/aromatic N) is 4. The Bertz CT molecular complexity index is 845. The van der Waals surface area contributed by atoms with Crippen LogP contribution in [0.4, 0.5) is 5.82 Å². The predicted octanol–water partition coefficient (Wildman–Crippen LogP) is 2.06. The maximum absolute atomic E-state index is 5.41. The highest BCUT2D eigenvalue weighted by Crippen LogP contribution is 2.19. The van der Waals surface area contributed by atoms with Gasteiger partial charge >= 0.3 is 0 Å². The lowest BCUT2D eigenvalue weighted by Gasteiger charge is -2.33. The highest BCUT2D eigenvalue weighted by molar-refractivity contribution is 5.79. The largest absolute Gasteiger partial charge is 0.496 e. The number of piperazine rings is 1. The quantitative estimate of drug-likeness (QED) is 0.538. The van der Waals surface area contributed by atoms with E-state index in [0.717, 1.165) is 62.2 Å². The smallest absolute Gasteiger partial charge is 0.191 e. The van der Waals surface area contributed by atoms with E-state index in [1.807, 2.05) is 6.20 Å². The maximum Gasteiger partial charge on any atom is 0.191 e. The third-order valence-electron chi connectivity index (χ3n) is 5.50. The third kappa shape index (κ3) is 6.10. The lowest BCUT2D eigenvalue weighted by atomic mass is 10.1. The Morgan fingerprint density at radius 3 is 2.63 bits per heavy atom. The molecule has 1 fully saturated rings. The summed E-state index contributed by atoms with van der Waals surface area (Å²) in [4.78, 5) is 13.6. The molecule has 7 heteroatoms. The van der Waals surface area contributed by atoms with E-state index in [0.29, 0.717) is 6.54 Å². The first-order chi connectivity index (χ1) is 14.6. The van der Waals surface area contributed by atoms with Crippen molar-refractivity contribution >= 4 is 11.8 Å². The van der Waals surface area contributed by atoms with Crippen molar-refractivity contribution in [1.82, 2.24) is 20.5 Å². The number of methoxy groups -OCH3 is 1. The molecule has 0 spiro atoms. The average molecular weight is 411 g/mol. The number of pyridine rings is 1. The van der Waals surface area contributed by atoms with Gasteiger partial charge in [-0.1, -0.05) is 12.1 Å². The van der Waals surface area contributed by atoms with Gasteiger partial charge in [0.2, 0.25) is 0 Å². The summed E-state index contributed by atoms with van der Waals surface area (Å²) in [7, 11) is 5.68. The third-order valence-corrected chi connectivity index (χ3v) is 5.50. The van der Waals surface area contributed by atoms with Crippen molar-refractivity contribution in [3.8, 4) is 5.75 Å². The monoisotopic (exact) mass is 410 g/mol. The van der Waals surface area contributed by atoms with Gasteiger partial charge in [-0.25, -0.2) is 4.98 Å². The van der Waals surface area contributed by atoms with Gasteiger partial charge in [0.1, 0.15) is 11.6 Å². The van der Waals surface area contributed by atoms with Crippen LogP contribution in [0.2, 0.25) is 0 Å². The molecule has 0 radical (unpaired) electrons. The number of rotatable bonds is 7. The molecule has 0 bridgehead atoms. The number of anilines is 1. The molecule has 7 nitrogen and oxygen atoms in total. The van der Waals surface area contributed by atoms with Crippen LogP contribution in [0.3, 0.4) is 0 Å². The van der Waals surface area contributed by atoms with Crippen LogP contribution >= 0.6 is 0 Å². The minimum Gasteiger partial charge on any atom is -0.496 e. The summed E-state index contributed by atoms with van der Waals surface area (Å²) in [5, 5.41) is 6.79. The first-order valence-corrected chi connectivity index (χ1v) is 10.6. The molecular weight excluding hydrogens is 376 g/mol. The first-order valence-electron chi connectivity index (χ1n) is 10.6. The zero-order valence-electron chi connectivity index (χ0n) is 18.6. The van der Waals surface area contributed by atoms with Gasteiger partial charge in [0.15, 0.2) is 5.96 Å². The Morgan fingerprint density at radius 2 is 1.90 bits per heavy atom. The van der Waals surface area contributed by atoms with Gasteiger partial charge in [0.25, 0.3) is 0 Å². The highest BCUT2D eigenvalue weighted by Gasteiger charge is 2.15. The van der Waals surface area contributed by atoms with Crippen molar-refractivity contribution in [1.29, 1.82) is 0 Å². The molecule has 2 heterocycles. The number of ether oxygens (including phenoxy) is 1. The van der Waals surface area contributed by atoms with E-state index in [9.17, 15) is 0 Å². The molecule has 1 aromatic heterocycles. The van der Waals surface area contributed by atoms with Crippen molar-refractivity contribution < 1.29 is 4.74 Å².